The van der Waals surface area contributed by atoms with Crippen molar-refractivity contribution in [3.05, 3.63) is 53.6 Å². The third kappa shape index (κ3) is 6.82. The number of rotatable bonds is 7. The molecular weight excluding hydrogens is 386 g/mol. The number of imidazole rings is 1. The lowest BCUT2D eigenvalue weighted by Gasteiger charge is -2.40. The molecule has 6 nitrogen and oxygen atoms in total. The molecule has 1 aromatic heterocycles. The highest BCUT2D eigenvalue weighted by Crippen LogP contribution is 2.33. The Morgan fingerprint density at radius 2 is 2.06 bits per heavy atom. The molecule has 31 heavy (non-hydrogen) atoms. The number of ether oxygens (including phenoxy) is 1. The zero-order valence-electron chi connectivity index (χ0n) is 19.8. The molecule has 3 rings (SSSR count). The Morgan fingerprint density at radius 3 is 2.77 bits per heavy atom. The quantitative estimate of drug-likeness (QED) is 0.517. The summed E-state index contributed by atoms with van der Waals surface area (Å²) in [5.74, 6) is 2.40. The van der Waals surface area contributed by atoms with Crippen LogP contribution in [0.2, 0.25) is 0 Å². The Bertz CT molecular complexity index is 852. The predicted molar refractivity (Wildman–Crippen MR) is 127 cm³/mol. The maximum Gasteiger partial charge on any atom is 0.191 e. The van der Waals surface area contributed by atoms with Crippen LogP contribution in [0.3, 0.4) is 0 Å². The van der Waals surface area contributed by atoms with E-state index >= 15 is 0 Å². The summed E-state index contributed by atoms with van der Waals surface area (Å²) >= 11 is 0. The van der Waals surface area contributed by atoms with E-state index in [2.05, 4.69) is 72.1 Å². The highest BCUT2D eigenvalue weighted by molar-refractivity contribution is 5.79. The van der Waals surface area contributed by atoms with Crippen molar-refractivity contribution in [1.29, 1.82) is 0 Å². The fraction of sp³-hybridized carbons (Fsp3) is 0.600. The summed E-state index contributed by atoms with van der Waals surface area (Å²) in [6, 6.07) is 8.64. The molecule has 1 aliphatic rings. The van der Waals surface area contributed by atoms with Crippen LogP contribution in [0.15, 0.2) is 41.7 Å². The van der Waals surface area contributed by atoms with Gasteiger partial charge in [0.25, 0.3) is 0 Å². The molecule has 1 aliphatic heterocycles. The number of hydrogen-bond acceptors (Lipinski definition) is 3. The Kier molecular flexibility index (Phi) is 8.13. The largest absolute Gasteiger partial charge is 0.377 e. The first-order valence-corrected chi connectivity index (χ1v) is 11.6. The third-order valence-electron chi connectivity index (χ3n) is 5.86. The lowest BCUT2D eigenvalue weighted by Crippen LogP contribution is -2.47. The van der Waals surface area contributed by atoms with Crippen molar-refractivity contribution in [2.75, 3.05) is 19.7 Å². The summed E-state index contributed by atoms with van der Waals surface area (Å²) in [5.41, 5.74) is 2.62. The average molecular weight is 426 g/mol. The Hall–Kier alpha value is -2.34. The van der Waals surface area contributed by atoms with Gasteiger partial charge in [0.05, 0.1) is 12.6 Å². The summed E-state index contributed by atoms with van der Waals surface area (Å²) in [5, 5.41) is 6.96. The van der Waals surface area contributed by atoms with Crippen molar-refractivity contribution in [1.82, 2.24) is 20.2 Å². The van der Waals surface area contributed by atoms with Gasteiger partial charge in [0.1, 0.15) is 5.82 Å². The van der Waals surface area contributed by atoms with Crippen LogP contribution in [-0.2, 0) is 17.8 Å². The van der Waals surface area contributed by atoms with Gasteiger partial charge < -0.3 is 19.9 Å². The van der Waals surface area contributed by atoms with Gasteiger partial charge in [-0.05, 0) is 43.2 Å². The lowest BCUT2D eigenvalue weighted by atomic mass is 9.78. The molecule has 2 atom stereocenters. The molecule has 6 heteroatoms. The van der Waals surface area contributed by atoms with Crippen molar-refractivity contribution in [3.8, 4) is 0 Å². The second-order valence-electron chi connectivity index (χ2n) is 9.56. The molecule has 2 unspecified atom stereocenters. The van der Waals surface area contributed by atoms with Crippen molar-refractivity contribution < 1.29 is 4.74 Å². The first-order chi connectivity index (χ1) is 14.9. The molecular formula is C25H39N5O. The van der Waals surface area contributed by atoms with E-state index in [-0.39, 0.29) is 11.5 Å². The van der Waals surface area contributed by atoms with Crippen LogP contribution in [0.1, 0.15) is 57.5 Å². The molecule has 1 fully saturated rings. The van der Waals surface area contributed by atoms with Gasteiger partial charge in [0.15, 0.2) is 5.96 Å². The Morgan fingerprint density at radius 1 is 1.26 bits per heavy atom. The van der Waals surface area contributed by atoms with Crippen LogP contribution in [-0.4, -0.2) is 41.3 Å². The number of guanidine groups is 1. The third-order valence-corrected chi connectivity index (χ3v) is 5.86. The Labute approximate surface area is 187 Å². The number of aryl methyl sites for hydroxylation is 1. The molecule has 2 heterocycles. The van der Waals surface area contributed by atoms with Crippen LogP contribution in [0, 0.1) is 18.3 Å². The monoisotopic (exact) mass is 425 g/mol. The first-order valence-electron chi connectivity index (χ1n) is 11.6. The maximum atomic E-state index is 6.13. The molecule has 0 radical (unpaired) electrons. The fourth-order valence-electron chi connectivity index (χ4n) is 4.34. The molecule has 170 valence electrons. The van der Waals surface area contributed by atoms with Gasteiger partial charge in [-0.2, -0.15) is 0 Å². The highest BCUT2D eigenvalue weighted by Gasteiger charge is 2.35. The van der Waals surface area contributed by atoms with E-state index in [0.29, 0.717) is 12.5 Å². The number of nitrogens with one attached hydrogen (secondary N) is 2. The van der Waals surface area contributed by atoms with Crippen molar-refractivity contribution in [2.45, 2.75) is 66.7 Å². The number of hydrogen-bond donors (Lipinski definition) is 2. The fourth-order valence-corrected chi connectivity index (χ4v) is 4.34. The lowest BCUT2D eigenvalue weighted by molar-refractivity contribution is -0.0835. The van der Waals surface area contributed by atoms with Crippen LogP contribution in [0.25, 0.3) is 0 Å². The van der Waals surface area contributed by atoms with Crippen LogP contribution in [0.4, 0.5) is 0 Å². The zero-order chi connectivity index (χ0) is 22.3. The number of benzene rings is 1. The molecule has 1 saturated heterocycles. The summed E-state index contributed by atoms with van der Waals surface area (Å²) < 4.78 is 8.29. The van der Waals surface area contributed by atoms with Gasteiger partial charge in [-0.15, -0.1) is 0 Å². The number of aliphatic imine (C=N–C) groups is 1. The predicted octanol–water partition coefficient (Wildman–Crippen LogP) is 4.14. The van der Waals surface area contributed by atoms with E-state index in [1.165, 1.54) is 17.5 Å². The Balaban J connectivity index is 1.61. The maximum absolute atomic E-state index is 6.13. The van der Waals surface area contributed by atoms with E-state index < -0.39 is 0 Å². The molecule has 0 bridgehead atoms. The van der Waals surface area contributed by atoms with Crippen molar-refractivity contribution in [2.24, 2.45) is 16.3 Å². The SMILES string of the molecule is CCNC(=NCc1cccc(Cn2ccnc2C)c1)NCC1CCCOC1C(C)(C)C. The minimum Gasteiger partial charge on any atom is -0.377 e. The number of aromatic nitrogens is 2. The molecule has 0 saturated carbocycles. The highest BCUT2D eigenvalue weighted by atomic mass is 16.5. The average Bonchev–Trinajstić information content (AvgIpc) is 3.14. The normalized spacial score (nSPS) is 20.0. The minimum atomic E-state index is 0.149. The standard InChI is InChI=1S/C25H39N5O/c1-6-26-24(29-17-22-11-8-14-31-23(22)25(3,4)5)28-16-20-9-7-10-21(15-20)18-30-13-12-27-19(30)2/h7,9-10,12-13,15,22-23H,6,8,11,14,16-18H2,1-5H3,(H2,26,28,29). The van der Waals surface area contributed by atoms with E-state index in [1.54, 1.807) is 0 Å². The van der Waals surface area contributed by atoms with E-state index in [1.807, 2.05) is 19.3 Å². The van der Waals surface area contributed by atoms with Gasteiger partial charge in [-0.25, -0.2) is 9.98 Å². The zero-order valence-corrected chi connectivity index (χ0v) is 19.8. The molecule has 2 aromatic rings. The van der Waals surface area contributed by atoms with Crippen LogP contribution >= 0.6 is 0 Å². The summed E-state index contributed by atoms with van der Waals surface area (Å²) in [7, 11) is 0. The van der Waals surface area contributed by atoms with Gasteiger partial charge in [-0.1, -0.05) is 45.0 Å². The van der Waals surface area contributed by atoms with Crippen molar-refractivity contribution >= 4 is 5.96 Å². The second kappa shape index (κ2) is 10.8. The smallest absolute Gasteiger partial charge is 0.191 e. The van der Waals surface area contributed by atoms with Crippen molar-refractivity contribution in [3.63, 3.8) is 0 Å². The summed E-state index contributed by atoms with van der Waals surface area (Å²) in [4.78, 5) is 9.16. The van der Waals surface area contributed by atoms with Gasteiger partial charge in [0.2, 0.25) is 0 Å². The minimum absolute atomic E-state index is 0.149. The molecule has 2 N–H and O–H groups in total. The van der Waals surface area contributed by atoms with E-state index in [0.717, 1.165) is 44.4 Å². The van der Waals surface area contributed by atoms with Gasteiger partial charge in [0, 0.05) is 44.6 Å². The molecule has 0 amide bonds. The first kappa shape index (κ1) is 23.3. The topological polar surface area (TPSA) is 63.5 Å². The molecule has 0 spiro atoms. The number of nitrogens with zero attached hydrogens (tertiary/aromatic N) is 3. The molecule has 1 aromatic carbocycles. The second-order valence-corrected chi connectivity index (χ2v) is 9.56. The van der Waals surface area contributed by atoms with Crippen LogP contribution < -0.4 is 10.6 Å². The molecule has 0 aliphatic carbocycles. The van der Waals surface area contributed by atoms with Gasteiger partial charge in [-0.3, -0.25) is 0 Å². The van der Waals surface area contributed by atoms with Gasteiger partial charge >= 0.3 is 0 Å². The summed E-state index contributed by atoms with van der Waals surface area (Å²) in [6.45, 7) is 15.0. The summed E-state index contributed by atoms with van der Waals surface area (Å²) in [6.07, 6.45) is 6.48. The van der Waals surface area contributed by atoms with E-state index in [4.69, 9.17) is 9.73 Å². The van der Waals surface area contributed by atoms with Crippen LogP contribution in [0.5, 0.6) is 0 Å². The van der Waals surface area contributed by atoms with E-state index in [9.17, 15) is 0 Å².